The molecule has 0 radical (unpaired) electrons. The molecule has 0 bridgehead atoms. The molecule has 1 spiro atoms. The highest BCUT2D eigenvalue weighted by Crippen LogP contribution is 2.40. The number of hydrogen-bond donors (Lipinski definition) is 1. The fraction of sp³-hybridized carbons (Fsp3) is 0.938. The van der Waals surface area contributed by atoms with E-state index in [2.05, 4.69) is 19.2 Å². The van der Waals surface area contributed by atoms with Gasteiger partial charge in [0.25, 0.3) is 0 Å². The van der Waals surface area contributed by atoms with Crippen molar-refractivity contribution in [2.24, 2.45) is 5.92 Å². The van der Waals surface area contributed by atoms with Crippen molar-refractivity contribution in [2.75, 3.05) is 24.7 Å². The van der Waals surface area contributed by atoms with E-state index in [1.54, 1.807) is 0 Å². The number of nitrogens with one attached hydrogen (secondary N) is 1. The van der Waals surface area contributed by atoms with E-state index < -0.39 is 0 Å². The second-order valence-electron chi connectivity index (χ2n) is 6.51. The Hall–Kier alpha value is -0.0600. The number of ketones is 1. The second kappa shape index (κ2) is 7.81. The summed E-state index contributed by atoms with van der Waals surface area (Å²) in [5.74, 6) is 3.11. The molecule has 0 aromatic rings. The highest BCUT2D eigenvalue weighted by molar-refractivity contribution is 7.99. The number of carbonyl (C=O) groups excluding carboxylic acids is 1. The third-order valence-corrected chi connectivity index (χ3v) is 5.49. The molecule has 2 heterocycles. The van der Waals surface area contributed by atoms with Gasteiger partial charge in [-0.2, -0.15) is 11.8 Å². The lowest BCUT2D eigenvalue weighted by Crippen LogP contribution is -2.44. The van der Waals surface area contributed by atoms with Crippen LogP contribution in [0.1, 0.15) is 52.4 Å². The van der Waals surface area contributed by atoms with Crippen molar-refractivity contribution in [2.45, 2.75) is 64.0 Å². The van der Waals surface area contributed by atoms with Gasteiger partial charge in [0.15, 0.2) is 0 Å². The molecule has 2 fully saturated rings. The first kappa shape index (κ1) is 16.3. The van der Waals surface area contributed by atoms with E-state index in [4.69, 9.17) is 4.74 Å². The van der Waals surface area contributed by atoms with Gasteiger partial charge in [0.05, 0.1) is 5.60 Å². The lowest BCUT2D eigenvalue weighted by molar-refractivity contribution is -0.138. The molecule has 0 aromatic heterocycles. The SMILES string of the molecule is CC(C)NCCCC(=O)C1CCOC2(CCSCC2)C1. The molecule has 20 heavy (non-hydrogen) atoms. The maximum atomic E-state index is 12.4. The summed E-state index contributed by atoms with van der Waals surface area (Å²) in [5.41, 5.74) is 0.0417. The topological polar surface area (TPSA) is 38.3 Å². The molecule has 2 aliphatic heterocycles. The predicted octanol–water partition coefficient (Wildman–Crippen LogP) is 3.03. The number of rotatable bonds is 6. The van der Waals surface area contributed by atoms with Gasteiger partial charge in [-0.05, 0) is 50.2 Å². The lowest BCUT2D eigenvalue weighted by atomic mass is 9.79. The van der Waals surface area contributed by atoms with Crippen molar-refractivity contribution in [3.05, 3.63) is 0 Å². The molecule has 3 nitrogen and oxygen atoms in total. The number of carbonyl (C=O) groups is 1. The van der Waals surface area contributed by atoms with E-state index in [1.165, 1.54) is 11.5 Å². The highest BCUT2D eigenvalue weighted by Gasteiger charge is 2.40. The van der Waals surface area contributed by atoms with Crippen molar-refractivity contribution in [1.29, 1.82) is 0 Å². The third kappa shape index (κ3) is 4.74. The molecule has 1 unspecified atom stereocenters. The van der Waals surface area contributed by atoms with Gasteiger partial charge < -0.3 is 10.1 Å². The summed E-state index contributed by atoms with van der Waals surface area (Å²) in [6.07, 6.45) is 5.88. The molecule has 2 rings (SSSR count). The minimum atomic E-state index is 0.0417. The summed E-state index contributed by atoms with van der Waals surface area (Å²) in [6, 6.07) is 0.510. The Labute approximate surface area is 127 Å². The normalized spacial score (nSPS) is 26.1. The molecular formula is C16H29NO2S. The number of Topliss-reactive ketones (excluding diaryl/α,β-unsaturated/α-hetero) is 1. The Balaban J connectivity index is 1.75. The largest absolute Gasteiger partial charge is 0.375 e. The summed E-state index contributed by atoms with van der Waals surface area (Å²) in [7, 11) is 0. The van der Waals surface area contributed by atoms with E-state index >= 15 is 0 Å². The zero-order chi connectivity index (χ0) is 14.4. The fourth-order valence-corrected chi connectivity index (χ4v) is 4.49. The van der Waals surface area contributed by atoms with Crippen molar-refractivity contribution < 1.29 is 9.53 Å². The van der Waals surface area contributed by atoms with Crippen LogP contribution in [0.2, 0.25) is 0 Å². The van der Waals surface area contributed by atoms with Gasteiger partial charge in [-0.25, -0.2) is 0 Å². The molecule has 0 aromatic carbocycles. The number of ether oxygens (including phenoxy) is 1. The summed E-state index contributed by atoms with van der Waals surface area (Å²) in [4.78, 5) is 12.4. The van der Waals surface area contributed by atoms with Crippen LogP contribution in [-0.4, -0.2) is 42.1 Å². The maximum Gasteiger partial charge on any atom is 0.136 e. The van der Waals surface area contributed by atoms with E-state index in [-0.39, 0.29) is 11.5 Å². The molecule has 1 atom stereocenters. The van der Waals surface area contributed by atoms with Gasteiger partial charge in [-0.15, -0.1) is 0 Å². The zero-order valence-corrected chi connectivity index (χ0v) is 13.8. The lowest BCUT2D eigenvalue weighted by Gasteiger charge is -2.43. The summed E-state index contributed by atoms with van der Waals surface area (Å²) < 4.78 is 6.07. The first-order valence-electron chi connectivity index (χ1n) is 8.09. The average molecular weight is 299 g/mol. The summed E-state index contributed by atoms with van der Waals surface area (Å²) in [5, 5.41) is 3.38. The molecule has 0 saturated carbocycles. The summed E-state index contributed by atoms with van der Waals surface area (Å²) >= 11 is 2.02. The van der Waals surface area contributed by atoms with Crippen molar-refractivity contribution in [1.82, 2.24) is 5.32 Å². The van der Waals surface area contributed by atoms with E-state index in [1.807, 2.05) is 11.8 Å². The van der Waals surface area contributed by atoms with Gasteiger partial charge in [0, 0.05) is 25.0 Å². The molecule has 2 saturated heterocycles. The molecule has 4 heteroatoms. The Kier molecular flexibility index (Phi) is 6.37. The third-order valence-electron chi connectivity index (χ3n) is 4.50. The van der Waals surface area contributed by atoms with Crippen molar-refractivity contribution >= 4 is 17.5 Å². The van der Waals surface area contributed by atoms with Crippen LogP contribution < -0.4 is 5.32 Å². The molecular weight excluding hydrogens is 270 g/mol. The van der Waals surface area contributed by atoms with Gasteiger partial charge in [-0.1, -0.05) is 13.8 Å². The first-order valence-corrected chi connectivity index (χ1v) is 9.25. The van der Waals surface area contributed by atoms with Crippen LogP contribution in [0.3, 0.4) is 0 Å². The highest BCUT2D eigenvalue weighted by atomic mass is 32.2. The Bertz CT molecular complexity index is 308. The van der Waals surface area contributed by atoms with Crippen LogP contribution >= 0.6 is 11.8 Å². The molecule has 2 aliphatic rings. The summed E-state index contributed by atoms with van der Waals surface area (Å²) in [6.45, 7) is 6.02. The maximum absolute atomic E-state index is 12.4. The molecule has 1 N–H and O–H groups in total. The number of thioether (sulfide) groups is 1. The van der Waals surface area contributed by atoms with Gasteiger partial charge in [-0.3, -0.25) is 4.79 Å². The van der Waals surface area contributed by atoms with Gasteiger partial charge >= 0.3 is 0 Å². The van der Waals surface area contributed by atoms with Crippen LogP contribution in [0.25, 0.3) is 0 Å². The molecule has 116 valence electrons. The van der Waals surface area contributed by atoms with E-state index in [0.29, 0.717) is 11.8 Å². The molecule has 0 aliphatic carbocycles. The standard InChI is InChI=1S/C16H29NO2S/c1-13(2)17-8-3-4-15(18)14-5-9-19-16(12-14)6-10-20-11-7-16/h13-14,17H,3-12H2,1-2H3. The van der Waals surface area contributed by atoms with Crippen LogP contribution in [0.5, 0.6) is 0 Å². The van der Waals surface area contributed by atoms with Gasteiger partial charge in [0.2, 0.25) is 0 Å². The smallest absolute Gasteiger partial charge is 0.136 e. The Morgan fingerprint density at radius 2 is 2.15 bits per heavy atom. The number of hydrogen-bond acceptors (Lipinski definition) is 4. The van der Waals surface area contributed by atoms with Crippen LogP contribution in [0, 0.1) is 5.92 Å². The first-order chi connectivity index (χ1) is 9.61. The zero-order valence-electron chi connectivity index (χ0n) is 13.0. The van der Waals surface area contributed by atoms with Gasteiger partial charge in [0.1, 0.15) is 5.78 Å². The van der Waals surface area contributed by atoms with Crippen LogP contribution in [0.15, 0.2) is 0 Å². The second-order valence-corrected chi connectivity index (χ2v) is 7.74. The van der Waals surface area contributed by atoms with E-state index in [0.717, 1.165) is 51.7 Å². The minimum Gasteiger partial charge on any atom is -0.375 e. The minimum absolute atomic E-state index is 0.0417. The van der Waals surface area contributed by atoms with Crippen molar-refractivity contribution in [3.63, 3.8) is 0 Å². The Morgan fingerprint density at radius 1 is 1.40 bits per heavy atom. The monoisotopic (exact) mass is 299 g/mol. The molecule has 0 amide bonds. The van der Waals surface area contributed by atoms with Crippen molar-refractivity contribution in [3.8, 4) is 0 Å². The fourth-order valence-electron chi connectivity index (χ4n) is 3.25. The predicted molar refractivity (Wildman–Crippen MR) is 85.3 cm³/mol. The van der Waals surface area contributed by atoms with E-state index in [9.17, 15) is 4.79 Å². The quantitative estimate of drug-likeness (QED) is 0.765. The van der Waals surface area contributed by atoms with Crippen LogP contribution in [0.4, 0.5) is 0 Å². The average Bonchev–Trinajstić information content (AvgIpc) is 2.44. The Morgan fingerprint density at radius 3 is 2.85 bits per heavy atom. The van der Waals surface area contributed by atoms with Crippen LogP contribution in [-0.2, 0) is 9.53 Å².